The van der Waals surface area contributed by atoms with E-state index in [4.69, 9.17) is 4.74 Å². The molecule has 0 atom stereocenters. The molecule has 128 valence electrons. The van der Waals surface area contributed by atoms with Crippen molar-refractivity contribution in [1.29, 1.82) is 0 Å². The number of benzene rings is 2. The van der Waals surface area contributed by atoms with E-state index in [1.54, 1.807) is 12.1 Å². The van der Waals surface area contributed by atoms with Gasteiger partial charge in [-0.15, -0.1) is 0 Å². The number of aromatic hydroxyl groups is 1. The van der Waals surface area contributed by atoms with Crippen molar-refractivity contribution in [3.05, 3.63) is 53.6 Å². The lowest BCUT2D eigenvalue weighted by Gasteiger charge is -2.15. The van der Waals surface area contributed by atoms with Crippen LogP contribution in [-0.4, -0.2) is 36.8 Å². The highest BCUT2D eigenvalue weighted by Gasteiger charge is 2.28. The molecule has 0 unspecified atom stereocenters. The fourth-order valence-corrected chi connectivity index (χ4v) is 2.60. The molecular formula is C18H17N3O4. The number of methoxy groups -OCH3 is 1. The fraction of sp³-hybridized carbons (Fsp3) is 0.167. The van der Waals surface area contributed by atoms with E-state index in [0.717, 1.165) is 11.3 Å². The minimum Gasteiger partial charge on any atom is -0.507 e. The number of ether oxygens (including phenoxy) is 1. The van der Waals surface area contributed by atoms with Gasteiger partial charge in [0.25, 0.3) is 5.91 Å². The van der Waals surface area contributed by atoms with Gasteiger partial charge in [0.2, 0.25) is 5.91 Å². The van der Waals surface area contributed by atoms with Crippen LogP contribution in [0.4, 0.5) is 5.69 Å². The Labute approximate surface area is 144 Å². The van der Waals surface area contributed by atoms with Gasteiger partial charge in [0.1, 0.15) is 18.0 Å². The molecule has 1 aliphatic rings. The standard InChI is InChI=1S/C18H17N3O4/c1-25-14-7-6-13(16(22)9-14)10-19-20-17(23)11-21-15-5-3-2-4-12(15)8-18(21)24/h2-7,9-10,22H,8,11H2,1H3,(H,20,23)/b19-10+. The third-order valence-corrected chi connectivity index (χ3v) is 3.86. The van der Waals surface area contributed by atoms with Crippen molar-refractivity contribution in [2.45, 2.75) is 6.42 Å². The summed E-state index contributed by atoms with van der Waals surface area (Å²) in [5.74, 6) is -0.0340. The Bertz CT molecular complexity index is 848. The van der Waals surface area contributed by atoms with Gasteiger partial charge in [-0.1, -0.05) is 18.2 Å². The molecule has 0 bridgehead atoms. The van der Waals surface area contributed by atoms with Gasteiger partial charge < -0.3 is 14.7 Å². The monoisotopic (exact) mass is 339 g/mol. The van der Waals surface area contributed by atoms with Crippen molar-refractivity contribution in [2.24, 2.45) is 5.10 Å². The van der Waals surface area contributed by atoms with Crippen LogP contribution in [0.1, 0.15) is 11.1 Å². The summed E-state index contributed by atoms with van der Waals surface area (Å²) >= 11 is 0. The number of anilines is 1. The lowest BCUT2D eigenvalue weighted by molar-refractivity contribution is -0.123. The van der Waals surface area contributed by atoms with Gasteiger partial charge >= 0.3 is 0 Å². The van der Waals surface area contributed by atoms with Crippen LogP contribution in [0, 0.1) is 0 Å². The average Bonchev–Trinajstić information content (AvgIpc) is 2.92. The second kappa shape index (κ2) is 7.04. The van der Waals surface area contributed by atoms with Crippen LogP contribution in [0.25, 0.3) is 0 Å². The lowest BCUT2D eigenvalue weighted by atomic mass is 10.2. The summed E-state index contributed by atoms with van der Waals surface area (Å²) in [4.78, 5) is 25.5. The Balaban J connectivity index is 1.61. The van der Waals surface area contributed by atoms with Gasteiger partial charge in [-0.25, -0.2) is 5.43 Å². The maximum atomic E-state index is 12.0. The van der Waals surface area contributed by atoms with Crippen LogP contribution in [0.5, 0.6) is 11.5 Å². The molecule has 2 aromatic rings. The second-order valence-corrected chi connectivity index (χ2v) is 5.50. The van der Waals surface area contributed by atoms with Crippen molar-refractivity contribution in [3.8, 4) is 11.5 Å². The molecule has 0 saturated heterocycles. The van der Waals surface area contributed by atoms with Crippen molar-refractivity contribution in [1.82, 2.24) is 5.43 Å². The highest BCUT2D eigenvalue weighted by molar-refractivity contribution is 6.05. The van der Waals surface area contributed by atoms with E-state index < -0.39 is 5.91 Å². The van der Waals surface area contributed by atoms with Crippen LogP contribution < -0.4 is 15.1 Å². The molecule has 3 rings (SSSR count). The zero-order valence-electron chi connectivity index (χ0n) is 13.6. The first-order valence-electron chi connectivity index (χ1n) is 7.65. The molecule has 7 heteroatoms. The summed E-state index contributed by atoms with van der Waals surface area (Å²) in [6, 6.07) is 12.1. The molecule has 25 heavy (non-hydrogen) atoms. The number of para-hydroxylation sites is 1. The topological polar surface area (TPSA) is 91.2 Å². The molecule has 0 saturated carbocycles. The number of amides is 2. The molecular weight excluding hydrogens is 322 g/mol. The summed E-state index contributed by atoms with van der Waals surface area (Å²) in [6.45, 7) is -0.109. The third kappa shape index (κ3) is 3.60. The molecule has 2 aromatic carbocycles. The van der Waals surface area contributed by atoms with Crippen LogP contribution in [0.3, 0.4) is 0 Å². The van der Waals surface area contributed by atoms with Crippen molar-refractivity contribution < 1.29 is 19.4 Å². The second-order valence-electron chi connectivity index (χ2n) is 5.50. The highest BCUT2D eigenvalue weighted by atomic mass is 16.5. The van der Waals surface area contributed by atoms with E-state index in [1.807, 2.05) is 24.3 Å². The third-order valence-electron chi connectivity index (χ3n) is 3.86. The summed E-state index contributed by atoms with van der Waals surface area (Å²) in [6.07, 6.45) is 1.62. The van der Waals surface area contributed by atoms with Gasteiger partial charge in [-0.05, 0) is 23.8 Å². The smallest absolute Gasteiger partial charge is 0.260 e. The van der Waals surface area contributed by atoms with E-state index >= 15 is 0 Å². The minimum absolute atomic E-state index is 0.0130. The zero-order chi connectivity index (χ0) is 17.8. The van der Waals surface area contributed by atoms with Crippen LogP contribution in [0.2, 0.25) is 0 Å². The van der Waals surface area contributed by atoms with Crippen LogP contribution in [-0.2, 0) is 16.0 Å². The molecule has 0 spiro atoms. The van der Waals surface area contributed by atoms with Gasteiger partial charge in [0, 0.05) is 17.3 Å². The number of phenols is 1. The number of hydrogen-bond acceptors (Lipinski definition) is 5. The van der Waals surface area contributed by atoms with E-state index in [1.165, 1.54) is 24.3 Å². The average molecular weight is 339 g/mol. The summed E-state index contributed by atoms with van der Waals surface area (Å²) in [5, 5.41) is 13.6. The zero-order valence-corrected chi connectivity index (χ0v) is 13.6. The molecule has 1 heterocycles. The maximum Gasteiger partial charge on any atom is 0.260 e. The number of carbonyl (C=O) groups is 2. The number of rotatable bonds is 5. The van der Waals surface area contributed by atoms with Gasteiger partial charge in [0.05, 0.1) is 19.7 Å². The lowest BCUT2D eigenvalue weighted by Crippen LogP contribution is -2.37. The Morgan fingerprint density at radius 1 is 1.36 bits per heavy atom. The Hall–Kier alpha value is -3.35. The molecule has 2 amide bonds. The number of fused-ring (bicyclic) bond motifs is 1. The molecule has 1 aliphatic heterocycles. The molecule has 0 fully saturated rings. The van der Waals surface area contributed by atoms with Gasteiger partial charge in [-0.2, -0.15) is 5.10 Å². The predicted molar refractivity (Wildman–Crippen MR) is 92.9 cm³/mol. The number of nitrogens with zero attached hydrogens (tertiary/aromatic N) is 2. The van der Waals surface area contributed by atoms with Crippen LogP contribution in [0.15, 0.2) is 47.6 Å². The van der Waals surface area contributed by atoms with Crippen molar-refractivity contribution in [3.63, 3.8) is 0 Å². The van der Waals surface area contributed by atoms with Crippen molar-refractivity contribution in [2.75, 3.05) is 18.6 Å². The summed E-state index contributed by atoms with van der Waals surface area (Å²) in [7, 11) is 1.50. The first kappa shape index (κ1) is 16.5. The number of carbonyl (C=O) groups excluding carboxylic acids is 2. The normalized spacial score (nSPS) is 13.2. The largest absolute Gasteiger partial charge is 0.507 e. The molecule has 0 aromatic heterocycles. The fourth-order valence-electron chi connectivity index (χ4n) is 2.60. The Morgan fingerprint density at radius 3 is 2.92 bits per heavy atom. The number of hydrogen-bond donors (Lipinski definition) is 2. The van der Waals surface area contributed by atoms with Gasteiger partial charge in [0.15, 0.2) is 0 Å². The van der Waals surface area contributed by atoms with E-state index in [2.05, 4.69) is 10.5 Å². The number of nitrogens with one attached hydrogen (secondary N) is 1. The first-order chi connectivity index (χ1) is 12.1. The Kier molecular flexibility index (Phi) is 4.65. The molecule has 7 nitrogen and oxygen atoms in total. The Morgan fingerprint density at radius 2 is 2.16 bits per heavy atom. The van der Waals surface area contributed by atoms with E-state index in [0.29, 0.717) is 17.7 Å². The summed E-state index contributed by atoms with van der Waals surface area (Å²) < 4.78 is 4.99. The minimum atomic E-state index is -0.422. The molecule has 2 N–H and O–H groups in total. The van der Waals surface area contributed by atoms with Crippen LogP contribution >= 0.6 is 0 Å². The number of hydrazone groups is 1. The molecule has 0 radical (unpaired) electrons. The van der Waals surface area contributed by atoms with Gasteiger partial charge in [-0.3, -0.25) is 9.59 Å². The van der Waals surface area contributed by atoms with E-state index in [-0.39, 0.29) is 18.2 Å². The number of phenolic OH excluding ortho intramolecular Hbond substituents is 1. The first-order valence-corrected chi connectivity index (χ1v) is 7.65. The quantitative estimate of drug-likeness (QED) is 0.637. The van der Waals surface area contributed by atoms with E-state index in [9.17, 15) is 14.7 Å². The van der Waals surface area contributed by atoms with Crippen molar-refractivity contribution >= 4 is 23.7 Å². The molecule has 0 aliphatic carbocycles. The summed E-state index contributed by atoms with van der Waals surface area (Å²) in [5.41, 5.74) is 4.45. The predicted octanol–water partition coefficient (Wildman–Crippen LogP) is 1.44. The maximum absolute atomic E-state index is 12.0. The SMILES string of the molecule is COc1ccc(/C=N/NC(=O)CN2C(=O)Cc3ccccc32)c(O)c1. The highest BCUT2D eigenvalue weighted by Crippen LogP contribution is 2.27.